The Hall–Kier alpha value is -1.19. The zero-order valence-corrected chi connectivity index (χ0v) is 12.6. The van der Waals surface area contributed by atoms with Crippen molar-refractivity contribution >= 4 is 11.6 Å². The standard InChI is InChI=1S/C17H23ClO2/c1-3-5-6-7-10-13-16(18)17(20)14-11-8-9-12-15(19)4-2/h3-4,15-17,19-20H,1-2,5-7,10,13-14H2/t15-,16-,17-/m0/s1. The van der Waals surface area contributed by atoms with Gasteiger partial charge in [-0.15, -0.1) is 18.2 Å². The molecule has 2 nitrogen and oxygen atoms in total. The van der Waals surface area contributed by atoms with Gasteiger partial charge in [-0.3, -0.25) is 0 Å². The largest absolute Gasteiger partial charge is 0.391 e. The van der Waals surface area contributed by atoms with E-state index in [0.717, 1.165) is 32.1 Å². The molecule has 0 fully saturated rings. The molecule has 3 atom stereocenters. The summed E-state index contributed by atoms with van der Waals surface area (Å²) in [6.45, 7) is 7.07. The van der Waals surface area contributed by atoms with Crippen molar-refractivity contribution in [3.8, 4) is 23.7 Å². The molecule has 0 unspecified atom stereocenters. The molecule has 2 N–H and O–H groups in total. The lowest BCUT2D eigenvalue weighted by molar-refractivity contribution is 0.170. The minimum Gasteiger partial charge on any atom is -0.391 e. The summed E-state index contributed by atoms with van der Waals surface area (Å²) >= 11 is 6.10. The quantitative estimate of drug-likeness (QED) is 0.297. The summed E-state index contributed by atoms with van der Waals surface area (Å²) in [5, 5.41) is 18.6. The van der Waals surface area contributed by atoms with Gasteiger partial charge in [-0.2, -0.15) is 0 Å². The zero-order chi connectivity index (χ0) is 15.2. The van der Waals surface area contributed by atoms with Crippen molar-refractivity contribution in [3.05, 3.63) is 25.3 Å². The molecular weight excluding hydrogens is 272 g/mol. The summed E-state index contributed by atoms with van der Waals surface area (Å²) < 4.78 is 0. The maximum absolute atomic E-state index is 9.81. The maximum Gasteiger partial charge on any atom is 0.134 e. The van der Waals surface area contributed by atoms with Crippen molar-refractivity contribution in [1.82, 2.24) is 0 Å². The van der Waals surface area contributed by atoms with Gasteiger partial charge in [0, 0.05) is 6.42 Å². The van der Waals surface area contributed by atoms with Crippen LogP contribution in [0.3, 0.4) is 0 Å². The first-order chi connectivity index (χ1) is 9.61. The molecule has 0 aliphatic heterocycles. The van der Waals surface area contributed by atoms with Crippen LogP contribution >= 0.6 is 11.6 Å². The minimum atomic E-state index is -0.856. The Morgan fingerprint density at radius 3 is 2.50 bits per heavy atom. The average Bonchev–Trinajstić information content (AvgIpc) is 2.45. The smallest absolute Gasteiger partial charge is 0.134 e. The Morgan fingerprint density at radius 2 is 1.85 bits per heavy atom. The lowest BCUT2D eigenvalue weighted by Crippen LogP contribution is -2.20. The number of alkyl halides is 1. The second-order valence-electron chi connectivity index (χ2n) is 4.47. The molecule has 0 rings (SSSR count). The fraction of sp³-hybridized carbons (Fsp3) is 0.529. The number of unbranched alkanes of at least 4 members (excludes halogenated alkanes) is 3. The van der Waals surface area contributed by atoms with E-state index in [2.05, 4.69) is 36.8 Å². The van der Waals surface area contributed by atoms with Gasteiger partial charge in [-0.05, 0) is 31.1 Å². The van der Waals surface area contributed by atoms with Gasteiger partial charge in [-0.25, -0.2) is 0 Å². The molecule has 0 heterocycles. The van der Waals surface area contributed by atoms with E-state index < -0.39 is 12.2 Å². The molecule has 0 bridgehead atoms. The van der Waals surface area contributed by atoms with Crippen LogP contribution in [0, 0.1) is 23.7 Å². The van der Waals surface area contributed by atoms with Crippen molar-refractivity contribution in [1.29, 1.82) is 0 Å². The molecule has 0 aliphatic carbocycles. The predicted molar refractivity (Wildman–Crippen MR) is 85.3 cm³/mol. The van der Waals surface area contributed by atoms with Gasteiger partial charge in [0.25, 0.3) is 0 Å². The van der Waals surface area contributed by atoms with Crippen LogP contribution in [-0.4, -0.2) is 27.8 Å². The summed E-state index contributed by atoms with van der Waals surface area (Å²) in [5.74, 6) is 10.3. The maximum atomic E-state index is 9.81. The highest BCUT2D eigenvalue weighted by molar-refractivity contribution is 6.21. The Balaban J connectivity index is 3.86. The molecule has 0 radical (unpaired) electrons. The lowest BCUT2D eigenvalue weighted by atomic mass is 10.1. The molecule has 0 saturated carbocycles. The van der Waals surface area contributed by atoms with E-state index in [0.29, 0.717) is 6.42 Å². The van der Waals surface area contributed by atoms with Crippen molar-refractivity contribution in [3.63, 3.8) is 0 Å². The van der Waals surface area contributed by atoms with E-state index in [1.165, 1.54) is 6.08 Å². The van der Waals surface area contributed by atoms with Crippen LogP contribution in [0.4, 0.5) is 0 Å². The van der Waals surface area contributed by atoms with Crippen LogP contribution in [-0.2, 0) is 0 Å². The number of hydrogen-bond acceptors (Lipinski definition) is 2. The fourth-order valence-electron chi connectivity index (χ4n) is 1.49. The predicted octanol–water partition coefficient (Wildman–Crippen LogP) is 3.04. The average molecular weight is 295 g/mol. The molecule has 0 aromatic heterocycles. The van der Waals surface area contributed by atoms with E-state index in [1.807, 2.05) is 6.08 Å². The summed E-state index contributed by atoms with van der Waals surface area (Å²) in [4.78, 5) is 0. The first-order valence-electron chi connectivity index (χ1n) is 6.83. The molecule has 20 heavy (non-hydrogen) atoms. The van der Waals surface area contributed by atoms with E-state index in [9.17, 15) is 5.11 Å². The van der Waals surface area contributed by atoms with Crippen molar-refractivity contribution in [2.45, 2.75) is 56.1 Å². The van der Waals surface area contributed by atoms with Gasteiger partial charge in [0.1, 0.15) is 6.10 Å². The first kappa shape index (κ1) is 18.8. The third-order valence-corrected chi connectivity index (χ3v) is 3.22. The highest BCUT2D eigenvalue weighted by atomic mass is 35.5. The monoisotopic (exact) mass is 294 g/mol. The van der Waals surface area contributed by atoms with Gasteiger partial charge in [0.15, 0.2) is 0 Å². The molecule has 110 valence electrons. The van der Waals surface area contributed by atoms with Crippen LogP contribution in [0.1, 0.15) is 38.5 Å². The molecular formula is C17H23ClO2. The molecule has 0 saturated heterocycles. The summed E-state index contributed by atoms with van der Waals surface area (Å²) in [7, 11) is 0. The second-order valence-corrected chi connectivity index (χ2v) is 5.03. The van der Waals surface area contributed by atoms with Crippen LogP contribution < -0.4 is 0 Å². The van der Waals surface area contributed by atoms with Crippen molar-refractivity contribution < 1.29 is 10.2 Å². The second kappa shape index (κ2) is 12.8. The van der Waals surface area contributed by atoms with E-state index in [1.54, 1.807) is 0 Å². The third kappa shape index (κ3) is 10.7. The Bertz CT molecular complexity index is 395. The van der Waals surface area contributed by atoms with E-state index in [-0.39, 0.29) is 5.38 Å². The topological polar surface area (TPSA) is 40.5 Å². The molecule has 0 spiro atoms. The Labute approximate surface area is 127 Å². The number of rotatable bonds is 9. The highest BCUT2D eigenvalue weighted by Gasteiger charge is 2.14. The van der Waals surface area contributed by atoms with Gasteiger partial charge >= 0.3 is 0 Å². The molecule has 0 amide bonds. The summed E-state index contributed by atoms with van der Waals surface area (Å²) in [6.07, 6.45) is 7.04. The number of hydrogen-bond donors (Lipinski definition) is 2. The first-order valence-corrected chi connectivity index (χ1v) is 7.27. The van der Waals surface area contributed by atoms with Crippen LogP contribution in [0.15, 0.2) is 25.3 Å². The summed E-state index contributed by atoms with van der Waals surface area (Å²) in [6, 6.07) is 0. The Morgan fingerprint density at radius 1 is 1.10 bits per heavy atom. The third-order valence-electron chi connectivity index (χ3n) is 2.71. The zero-order valence-electron chi connectivity index (χ0n) is 11.8. The van der Waals surface area contributed by atoms with Gasteiger partial charge in [-0.1, -0.05) is 43.4 Å². The molecule has 0 aromatic carbocycles. The van der Waals surface area contributed by atoms with Crippen LogP contribution in [0.5, 0.6) is 0 Å². The lowest BCUT2D eigenvalue weighted by Gasteiger charge is -2.14. The van der Waals surface area contributed by atoms with E-state index in [4.69, 9.17) is 16.7 Å². The minimum absolute atomic E-state index is 0.278. The molecule has 3 heteroatoms. The molecule has 0 aliphatic rings. The molecule has 0 aromatic rings. The number of halogens is 1. The highest BCUT2D eigenvalue weighted by Crippen LogP contribution is 2.15. The van der Waals surface area contributed by atoms with Crippen molar-refractivity contribution in [2.75, 3.05) is 0 Å². The summed E-state index contributed by atoms with van der Waals surface area (Å²) in [5.41, 5.74) is 0. The van der Waals surface area contributed by atoms with Gasteiger partial charge in [0.05, 0.1) is 11.5 Å². The van der Waals surface area contributed by atoms with E-state index >= 15 is 0 Å². The SMILES string of the molecule is C=CCCCCC[C@H](Cl)[C@@H](O)CC#CC#C[C@@H](O)C=C. The number of aliphatic hydroxyl groups is 2. The number of aliphatic hydroxyl groups excluding tert-OH is 2. The fourth-order valence-corrected chi connectivity index (χ4v) is 1.74. The van der Waals surface area contributed by atoms with Gasteiger partial charge in [0.2, 0.25) is 0 Å². The number of allylic oxidation sites excluding steroid dienone is 1. The van der Waals surface area contributed by atoms with Gasteiger partial charge < -0.3 is 10.2 Å². The Kier molecular flexibility index (Phi) is 12.1. The normalized spacial score (nSPS) is 13.9. The van der Waals surface area contributed by atoms with Crippen molar-refractivity contribution in [2.24, 2.45) is 0 Å². The van der Waals surface area contributed by atoms with Crippen LogP contribution in [0.2, 0.25) is 0 Å². The van der Waals surface area contributed by atoms with Crippen LogP contribution in [0.25, 0.3) is 0 Å².